The lowest BCUT2D eigenvalue weighted by Crippen LogP contribution is -2.22. The molecule has 0 atom stereocenters. The van der Waals surface area contributed by atoms with Gasteiger partial charge in [0, 0.05) is 17.0 Å². The topological polar surface area (TPSA) is 67.5 Å². The molecule has 3 aromatic rings. The van der Waals surface area contributed by atoms with Crippen molar-refractivity contribution in [2.45, 2.75) is 19.8 Å². The zero-order chi connectivity index (χ0) is 18.0. The van der Waals surface area contributed by atoms with Crippen molar-refractivity contribution in [3.63, 3.8) is 0 Å². The third kappa shape index (κ3) is 3.52. The molecule has 0 saturated heterocycles. The summed E-state index contributed by atoms with van der Waals surface area (Å²) in [6.45, 7) is 2.00. The molecule has 0 fully saturated rings. The van der Waals surface area contributed by atoms with E-state index in [1.807, 2.05) is 13.0 Å². The second-order valence-electron chi connectivity index (χ2n) is 5.48. The van der Waals surface area contributed by atoms with Gasteiger partial charge in [0.2, 0.25) is 0 Å². The molecule has 7 heteroatoms. The monoisotopic (exact) mass is 375 g/mol. The number of hydrogen-bond donors (Lipinski definition) is 1. The van der Waals surface area contributed by atoms with E-state index in [1.165, 1.54) is 23.0 Å². The first-order chi connectivity index (χ1) is 12.0. The van der Waals surface area contributed by atoms with Crippen molar-refractivity contribution < 1.29 is 5.11 Å². The average molecular weight is 376 g/mol. The van der Waals surface area contributed by atoms with Gasteiger partial charge in [-0.25, -0.2) is 4.98 Å². The molecule has 128 valence electrons. The van der Waals surface area contributed by atoms with E-state index in [2.05, 4.69) is 10.1 Å². The lowest BCUT2D eigenvalue weighted by atomic mass is 10.2. The fourth-order valence-electron chi connectivity index (χ4n) is 2.48. The van der Waals surface area contributed by atoms with E-state index in [0.29, 0.717) is 33.7 Å². The van der Waals surface area contributed by atoms with E-state index in [-0.39, 0.29) is 16.3 Å². The summed E-state index contributed by atoms with van der Waals surface area (Å²) in [6.07, 6.45) is 2.76. The Morgan fingerprint density at radius 3 is 2.80 bits per heavy atom. The summed E-state index contributed by atoms with van der Waals surface area (Å²) in [4.78, 5) is 17.3. The summed E-state index contributed by atoms with van der Waals surface area (Å²) >= 11 is 11.9. The molecular formula is C18H15Cl2N3O2. The number of nitrogens with zero attached hydrogens (tertiary/aromatic N) is 3. The minimum Gasteiger partial charge on any atom is -0.506 e. The standard InChI is InChI=1S/C18H15Cl2N3O2/c1-2-5-16-22-15-7-4-3-6-13(15)18(25)23(16)21-10-11-8-12(19)9-14(20)17(11)24/h3-4,6-10,24H,2,5H2,1H3/b21-10+. The Morgan fingerprint density at radius 1 is 1.28 bits per heavy atom. The van der Waals surface area contributed by atoms with Crippen molar-refractivity contribution in [3.05, 3.63) is 68.2 Å². The van der Waals surface area contributed by atoms with Crippen LogP contribution in [-0.2, 0) is 6.42 Å². The number of benzene rings is 2. The van der Waals surface area contributed by atoms with Crippen molar-refractivity contribution in [2.75, 3.05) is 0 Å². The van der Waals surface area contributed by atoms with Gasteiger partial charge in [-0.3, -0.25) is 4.79 Å². The third-order valence-corrected chi connectivity index (χ3v) is 4.17. The van der Waals surface area contributed by atoms with Crippen molar-refractivity contribution in [1.82, 2.24) is 9.66 Å². The number of fused-ring (bicyclic) bond motifs is 1. The van der Waals surface area contributed by atoms with Gasteiger partial charge in [-0.1, -0.05) is 42.3 Å². The van der Waals surface area contributed by atoms with Crippen LogP contribution in [0.15, 0.2) is 46.3 Å². The van der Waals surface area contributed by atoms with Gasteiger partial charge in [-0.15, -0.1) is 0 Å². The van der Waals surface area contributed by atoms with Crippen LogP contribution in [0.25, 0.3) is 10.9 Å². The van der Waals surface area contributed by atoms with Crippen molar-refractivity contribution in [3.8, 4) is 5.75 Å². The first-order valence-electron chi connectivity index (χ1n) is 7.74. The Bertz CT molecular complexity index is 1030. The number of hydrogen-bond acceptors (Lipinski definition) is 4. The summed E-state index contributed by atoms with van der Waals surface area (Å²) in [5.41, 5.74) is 0.689. The molecule has 5 nitrogen and oxygen atoms in total. The van der Waals surface area contributed by atoms with Crippen molar-refractivity contribution in [1.29, 1.82) is 0 Å². The smallest absolute Gasteiger partial charge is 0.282 e. The Hall–Kier alpha value is -2.37. The summed E-state index contributed by atoms with van der Waals surface area (Å²) in [6, 6.07) is 10.1. The summed E-state index contributed by atoms with van der Waals surface area (Å²) in [5, 5.41) is 15.2. The predicted octanol–water partition coefficient (Wildman–Crippen LogP) is 4.24. The van der Waals surface area contributed by atoms with Crippen molar-refractivity contribution in [2.24, 2.45) is 5.10 Å². The van der Waals surface area contributed by atoms with Crippen LogP contribution in [0.3, 0.4) is 0 Å². The molecule has 0 saturated carbocycles. The SMILES string of the molecule is CCCc1nc2ccccc2c(=O)n1/N=C/c1cc(Cl)cc(Cl)c1O. The van der Waals surface area contributed by atoms with Gasteiger partial charge in [-0.05, 0) is 30.7 Å². The van der Waals surface area contributed by atoms with E-state index in [0.717, 1.165) is 6.42 Å². The highest BCUT2D eigenvalue weighted by Crippen LogP contribution is 2.30. The molecule has 2 aromatic carbocycles. The lowest BCUT2D eigenvalue weighted by molar-refractivity contribution is 0.474. The maximum atomic E-state index is 12.8. The number of aryl methyl sites for hydroxylation is 1. The van der Waals surface area contributed by atoms with Crippen LogP contribution in [0, 0.1) is 0 Å². The number of phenols is 1. The zero-order valence-corrected chi connectivity index (χ0v) is 14.9. The van der Waals surface area contributed by atoms with Crippen LogP contribution >= 0.6 is 23.2 Å². The van der Waals surface area contributed by atoms with Crippen LogP contribution in [0.1, 0.15) is 24.7 Å². The minimum absolute atomic E-state index is 0.117. The molecule has 25 heavy (non-hydrogen) atoms. The number of phenolic OH excluding ortho intramolecular Hbond substituents is 1. The number of para-hydroxylation sites is 1. The maximum absolute atomic E-state index is 12.8. The van der Waals surface area contributed by atoms with Gasteiger partial charge in [0.15, 0.2) is 0 Å². The Morgan fingerprint density at radius 2 is 2.04 bits per heavy atom. The largest absolute Gasteiger partial charge is 0.506 e. The van der Waals surface area contributed by atoms with Crippen LogP contribution in [0.2, 0.25) is 10.0 Å². The molecule has 0 amide bonds. The van der Waals surface area contributed by atoms with E-state index < -0.39 is 0 Å². The molecule has 1 heterocycles. The maximum Gasteiger partial charge on any atom is 0.282 e. The third-order valence-electron chi connectivity index (χ3n) is 3.66. The molecule has 1 aromatic heterocycles. The first-order valence-corrected chi connectivity index (χ1v) is 8.50. The second kappa shape index (κ2) is 7.25. The van der Waals surface area contributed by atoms with Crippen LogP contribution in [-0.4, -0.2) is 21.0 Å². The summed E-state index contributed by atoms with van der Waals surface area (Å²) < 4.78 is 1.25. The molecule has 3 rings (SSSR count). The average Bonchev–Trinajstić information content (AvgIpc) is 2.59. The lowest BCUT2D eigenvalue weighted by Gasteiger charge is -2.08. The zero-order valence-electron chi connectivity index (χ0n) is 13.4. The highest BCUT2D eigenvalue weighted by atomic mass is 35.5. The minimum atomic E-state index is -0.266. The number of aromatic hydroxyl groups is 1. The van der Waals surface area contributed by atoms with Crippen LogP contribution in [0.5, 0.6) is 5.75 Å². The van der Waals surface area contributed by atoms with Crippen molar-refractivity contribution >= 4 is 40.3 Å². The van der Waals surface area contributed by atoms with E-state index in [1.54, 1.807) is 18.2 Å². The molecule has 1 N–H and O–H groups in total. The fourth-order valence-corrected chi connectivity index (χ4v) is 2.99. The van der Waals surface area contributed by atoms with Gasteiger partial charge < -0.3 is 5.11 Å². The molecule has 0 bridgehead atoms. The van der Waals surface area contributed by atoms with Crippen LogP contribution < -0.4 is 5.56 Å². The van der Waals surface area contributed by atoms with Gasteiger partial charge in [-0.2, -0.15) is 9.78 Å². The summed E-state index contributed by atoms with van der Waals surface area (Å²) in [7, 11) is 0. The normalized spacial score (nSPS) is 11.5. The molecule has 0 spiro atoms. The number of aromatic nitrogens is 2. The van der Waals surface area contributed by atoms with E-state index >= 15 is 0 Å². The highest BCUT2D eigenvalue weighted by Gasteiger charge is 2.10. The van der Waals surface area contributed by atoms with Gasteiger partial charge >= 0.3 is 0 Å². The molecule has 0 aliphatic heterocycles. The van der Waals surface area contributed by atoms with Crippen LogP contribution in [0.4, 0.5) is 0 Å². The van der Waals surface area contributed by atoms with Gasteiger partial charge in [0.1, 0.15) is 11.6 Å². The predicted molar refractivity (Wildman–Crippen MR) is 101 cm³/mol. The first kappa shape index (κ1) is 17.5. The Kier molecular flexibility index (Phi) is 5.06. The number of rotatable bonds is 4. The molecule has 0 radical (unpaired) electrons. The quantitative estimate of drug-likeness (QED) is 0.693. The number of halogens is 2. The molecule has 0 unspecified atom stereocenters. The Labute approximate surface area is 154 Å². The van der Waals surface area contributed by atoms with E-state index in [9.17, 15) is 9.90 Å². The fraction of sp³-hybridized carbons (Fsp3) is 0.167. The molecule has 0 aliphatic rings. The van der Waals surface area contributed by atoms with E-state index in [4.69, 9.17) is 23.2 Å². The Balaban J connectivity index is 2.16. The van der Waals surface area contributed by atoms with Gasteiger partial charge in [0.05, 0.1) is 22.1 Å². The molecule has 0 aliphatic carbocycles. The molecular weight excluding hydrogens is 361 g/mol. The second-order valence-corrected chi connectivity index (χ2v) is 6.33. The van der Waals surface area contributed by atoms with Gasteiger partial charge in [0.25, 0.3) is 5.56 Å². The highest BCUT2D eigenvalue weighted by molar-refractivity contribution is 6.36. The summed E-state index contributed by atoms with van der Waals surface area (Å²) in [5.74, 6) is 0.406.